The number of pyridine rings is 1. The Balaban J connectivity index is 1.92. The lowest BCUT2D eigenvalue weighted by Crippen LogP contribution is -1.98. The number of hydrogen-bond donors (Lipinski definition) is 0. The molecule has 0 bridgehead atoms. The van der Waals surface area contributed by atoms with Crippen molar-refractivity contribution < 1.29 is 0 Å². The molecule has 1 heteroatoms. The maximum Gasteiger partial charge on any atom is 0.0743 e. The van der Waals surface area contributed by atoms with Gasteiger partial charge in [-0.1, -0.05) is 61.8 Å². The van der Waals surface area contributed by atoms with Gasteiger partial charge in [-0.3, -0.25) is 4.98 Å². The van der Waals surface area contributed by atoms with Crippen LogP contribution in [0.25, 0.3) is 10.9 Å². The average molecular weight is 277 g/mol. The Hall–Kier alpha value is -1.89. The molecule has 0 radical (unpaired) electrons. The van der Waals surface area contributed by atoms with Crippen LogP contribution >= 0.6 is 0 Å². The third-order valence-corrected chi connectivity index (χ3v) is 4.51. The molecule has 1 heterocycles. The van der Waals surface area contributed by atoms with Crippen LogP contribution in [0.4, 0.5) is 0 Å². The topological polar surface area (TPSA) is 12.9 Å². The van der Waals surface area contributed by atoms with Crippen molar-refractivity contribution in [3.63, 3.8) is 0 Å². The van der Waals surface area contributed by atoms with Crippen molar-refractivity contribution in [2.45, 2.75) is 45.4 Å². The lowest BCUT2D eigenvalue weighted by molar-refractivity contribution is 0.716. The van der Waals surface area contributed by atoms with Gasteiger partial charge in [0.2, 0.25) is 0 Å². The highest BCUT2D eigenvalue weighted by Gasteiger charge is 2.20. The van der Waals surface area contributed by atoms with Gasteiger partial charge in [0.25, 0.3) is 0 Å². The number of hydrogen-bond acceptors (Lipinski definition) is 1. The Bertz CT molecular complexity index is 689. The van der Waals surface area contributed by atoms with Crippen molar-refractivity contribution >= 4 is 10.9 Å². The second kappa shape index (κ2) is 6.26. The van der Waals surface area contributed by atoms with Crippen LogP contribution in [-0.4, -0.2) is 4.98 Å². The van der Waals surface area contributed by atoms with Crippen LogP contribution in [0, 0.1) is 0 Å². The van der Waals surface area contributed by atoms with E-state index in [2.05, 4.69) is 55.2 Å². The number of benzene rings is 1. The number of nitrogens with zero attached hydrogens (tertiary/aromatic N) is 1. The molecular formula is C20H23N. The smallest absolute Gasteiger partial charge is 0.0743 e. The third kappa shape index (κ3) is 2.78. The summed E-state index contributed by atoms with van der Waals surface area (Å²) in [6.07, 6.45) is 11.7. The summed E-state index contributed by atoms with van der Waals surface area (Å²) < 4.78 is 0. The summed E-state index contributed by atoms with van der Waals surface area (Å²) in [6, 6.07) is 10.7. The van der Waals surface area contributed by atoms with E-state index in [4.69, 9.17) is 0 Å². The molecule has 21 heavy (non-hydrogen) atoms. The maximum absolute atomic E-state index is 4.60. The van der Waals surface area contributed by atoms with Crippen LogP contribution in [0.1, 0.15) is 51.0 Å². The zero-order chi connectivity index (χ0) is 14.7. The van der Waals surface area contributed by atoms with Crippen molar-refractivity contribution in [2.24, 2.45) is 0 Å². The van der Waals surface area contributed by atoms with Crippen molar-refractivity contribution in [1.29, 1.82) is 0 Å². The molecule has 1 unspecified atom stereocenters. The Morgan fingerprint density at radius 3 is 2.81 bits per heavy atom. The van der Waals surface area contributed by atoms with Gasteiger partial charge >= 0.3 is 0 Å². The van der Waals surface area contributed by atoms with Gasteiger partial charge in [0.05, 0.1) is 5.52 Å². The van der Waals surface area contributed by atoms with E-state index in [0.717, 1.165) is 5.52 Å². The molecule has 3 rings (SSSR count). The van der Waals surface area contributed by atoms with Gasteiger partial charge < -0.3 is 0 Å². The first-order chi connectivity index (χ1) is 10.3. The molecule has 0 N–H and O–H groups in total. The predicted octanol–water partition coefficient (Wildman–Crippen LogP) is 5.79. The van der Waals surface area contributed by atoms with Crippen molar-refractivity contribution in [3.8, 4) is 0 Å². The molecule has 0 saturated carbocycles. The minimum absolute atomic E-state index is 0.403. The molecular weight excluding hydrogens is 254 g/mol. The van der Waals surface area contributed by atoms with Crippen molar-refractivity contribution in [2.75, 3.05) is 0 Å². The fraction of sp³-hybridized carbons (Fsp3) is 0.350. The monoisotopic (exact) mass is 277 g/mol. The normalized spacial score (nSPS) is 17.9. The average Bonchev–Trinajstić information content (AvgIpc) is 2.88. The van der Waals surface area contributed by atoms with Gasteiger partial charge in [-0.2, -0.15) is 0 Å². The molecule has 1 aromatic carbocycles. The summed E-state index contributed by atoms with van der Waals surface area (Å²) in [5, 5.41) is 1.23. The Morgan fingerprint density at radius 2 is 1.95 bits per heavy atom. The molecule has 0 saturated heterocycles. The summed E-state index contributed by atoms with van der Waals surface area (Å²) in [6.45, 7) is 4.55. The molecule has 0 fully saturated rings. The summed E-state index contributed by atoms with van der Waals surface area (Å²) in [5.74, 6) is 0.403. The highest BCUT2D eigenvalue weighted by atomic mass is 14.7. The molecule has 1 atom stereocenters. The zero-order valence-corrected chi connectivity index (χ0v) is 13.0. The Kier molecular flexibility index (Phi) is 4.19. The van der Waals surface area contributed by atoms with Crippen molar-refractivity contribution in [3.05, 3.63) is 65.4 Å². The van der Waals surface area contributed by atoms with Gasteiger partial charge in [0, 0.05) is 17.5 Å². The number of fused-ring (bicyclic) bond motifs is 1. The third-order valence-electron chi connectivity index (χ3n) is 4.51. The van der Waals surface area contributed by atoms with E-state index in [0.29, 0.717) is 5.92 Å². The van der Waals surface area contributed by atoms with Crippen molar-refractivity contribution in [1.82, 2.24) is 4.98 Å². The van der Waals surface area contributed by atoms with Crippen LogP contribution in [-0.2, 0) is 0 Å². The summed E-state index contributed by atoms with van der Waals surface area (Å²) in [7, 11) is 0. The van der Waals surface area contributed by atoms with Crippen LogP contribution in [0.3, 0.4) is 0 Å². The van der Waals surface area contributed by atoms with E-state index in [9.17, 15) is 0 Å². The molecule has 0 amide bonds. The van der Waals surface area contributed by atoms with Gasteiger partial charge in [-0.05, 0) is 37.0 Å². The fourth-order valence-electron chi connectivity index (χ4n) is 3.25. The highest BCUT2D eigenvalue weighted by molar-refractivity contribution is 5.83. The summed E-state index contributed by atoms with van der Waals surface area (Å²) in [5.41, 5.74) is 5.52. The van der Waals surface area contributed by atoms with Crippen LogP contribution in [0.2, 0.25) is 0 Å². The number of para-hydroxylation sites is 1. The first-order valence-corrected chi connectivity index (χ1v) is 8.02. The summed E-state index contributed by atoms with van der Waals surface area (Å²) in [4.78, 5) is 4.60. The zero-order valence-electron chi connectivity index (χ0n) is 13.0. The molecule has 1 aliphatic carbocycles. The maximum atomic E-state index is 4.60. The van der Waals surface area contributed by atoms with Crippen LogP contribution in [0.15, 0.2) is 59.8 Å². The molecule has 0 aliphatic heterocycles. The second-order valence-corrected chi connectivity index (χ2v) is 5.92. The van der Waals surface area contributed by atoms with Gasteiger partial charge in [0.1, 0.15) is 0 Å². The largest absolute Gasteiger partial charge is 0.256 e. The Labute approximate surface area is 127 Å². The Morgan fingerprint density at radius 1 is 1.10 bits per heavy atom. The van der Waals surface area contributed by atoms with E-state index < -0.39 is 0 Å². The van der Waals surface area contributed by atoms with Crippen LogP contribution in [0.5, 0.6) is 0 Å². The number of aromatic nitrogens is 1. The molecule has 0 spiro atoms. The van der Waals surface area contributed by atoms with E-state index in [-0.39, 0.29) is 0 Å². The van der Waals surface area contributed by atoms with E-state index in [1.165, 1.54) is 47.8 Å². The first-order valence-electron chi connectivity index (χ1n) is 8.02. The lowest BCUT2D eigenvalue weighted by Gasteiger charge is -2.14. The fourth-order valence-corrected chi connectivity index (χ4v) is 3.25. The predicted molar refractivity (Wildman–Crippen MR) is 90.5 cm³/mol. The molecule has 1 aliphatic rings. The van der Waals surface area contributed by atoms with Gasteiger partial charge in [-0.15, -0.1) is 0 Å². The number of allylic oxidation sites excluding steroid dienone is 4. The molecule has 1 nitrogen and oxygen atoms in total. The molecule has 2 aromatic rings. The number of rotatable bonds is 5. The highest BCUT2D eigenvalue weighted by Crippen LogP contribution is 2.38. The quantitative estimate of drug-likeness (QED) is 0.631. The van der Waals surface area contributed by atoms with Crippen LogP contribution < -0.4 is 0 Å². The molecule has 108 valence electrons. The van der Waals surface area contributed by atoms with E-state index >= 15 is 0 Å². The lowest BCUT2D eigenvalue weighted by atomic mass is 9.91. The second-order valence-electron chi connectivity index (χ2n) is 5.92. The summed E-state index contributed by atoms with van der Waals surface area (Å²) >= 11 is 0. The molecule has 1 aromatic heterocycles. The number of unbranched alkanes of at least 4 members (excludes halogenated alkanes) is 2. The van der Waals surface area contributed by atoms with Gasteiger partial charge in [-0.25, -0.2) is 0 Å². The van der Waals surface area contributed by atoms with E-state index in [1.54, 1.807) is 0 Å². The first kappa shape index (κ1) is 14.1. The van der Waals surface area contributed by atoms with Gasteiger partial charge in [0.15, 0.2) is 0 Å². The SMILES string of the molecule is CCCCCC1=C(C)C(c2cccc3cccnc23)C=C1. The minimum Gasteiger partial charge on any atom is -0.256 e. The minimum atomic E-state index is 0.403. The standard InChI is InChI=1S/C20H23N/c1-3-4-5-8-16-12-13-18(15(16)2)19-11-6-9-17-10-7-14-21-20(17)19/h6-7,9-14,18H,3-5,8H2,1-2H3. The van der Waals surface area contributed by atoms with E-state index in [1.807, 2.05) is 12.3 Å².